The summed E-state index contributed by atoms with van der Waals surface area (Å²) in [5.74, 6) is -0.222. The van der Waals surface area contributed by atoms with Crippen LogP contribution in [0.2, 0.25) is 0 Å². The topological polar surface area (TPSA) is 86.4 Å². The highest BCUT2D eigenvalue weighted by Crippen LogP contribution is 2.23. The van der Waals surface area contributed by atoms with Gasteiger partial charge in [0.2, 0.25) is 0 Å². The fourth-order valence-corrected chi connectivity index (χ4v) is 3.98. The first-order valence-electron chi connectivity index (χ1n) is 11.0. The van der Waals surface area contributed by atoms with Crippen LogP contribution < -0.4 is 5.32 Å². The SMILES string of the molecule is C=Cc1ccc2ncc(C(=N)c3cnc(C(=O)N4CCCCCC4)cc3NCC(F)F)n2c1. The largest absolute Gasteiger partial charge is 0.379 e. The molecule has 0 saturated carbocycles. The Morgan fingerprint density at radius 3 is 2.64 bits per heavy atom. The molecule has 0 bridgehead atoms. The molecule has 0 unspecified atom stereocenters. The molecule has 0 aliphatic carbocycles. The third-order valence-corrected chi connectivity index (χ3v) is 5.75. The van der Waals surface area contributed by atoms with E-state index in [2.05, 4.69) is 21.9 Å². The first-order chi connectivity index (χ1) is 16.0. The minimum absolute atomic E-state index is 0.0572. The van der Waals surface area contributed by atoms with Crippen LogP contribution in [-0.2, 0) is 0 Å². The smallest absolute Gasteiger partial charge is 0.272 e. The van der Waals surface area contributed by atoms with Crippen LogP contribution in [0.4, 0.5) is 14.5 Å². The molecule has 3 aromatic heterocycles. The molecule has 1 aliphatic heterocycles. The molecule has 0 spiro atoms. The number of hydrogen-bond donors (Lipinski definition) is 2. The minimum atomic E-state index is -2.59. The molecule has 172 valence electrons. The van der Waals surface area contributed by atoms with Crippen LogP contribution in [0.15, 0.2) is 43.4 Å². The number of alkyl halides is 2. The fourth-order valence-electron chi connectivity index (χ4n) is 3.98. The second-order valence-corrected chi connectivity index (χ2v) is 8.01. The summed E-state index contributed by atoms with van der Waals surface area (Å²) in [7, 11) is 0. The molecule has 33 heavy (non-hydrogen) atoms. The molecular weight excluding hydrogens is 426 g/mol. The zero-order valence-corrected chi connectivity index (χ0v) is 18.2. The van der Waals surface area contributed by atoms with Gasteiger partial charge in [-0.1, -0.05) is 25.5 Å². The maximum Gasteiger partial charge on any atom is 0.272 e. The molecule has 4 heterocycles. The lowest BCUT2D eigenvalue weighted by Gasteiger charge is -2.21. The van der Waals surface area contributed by atoms with Crippen LogP contribution in [0.25, 0.3) is 11.7 Å². The van der Waals surface area contributed by atoms with Gasteiger partial charge in [-0.05, 0) is 36.6 Å². The third-order valence-electron chi connectivity index (χ3n) is 5.75. The van der Waals surface area contributed by atoms with Crippen molar-refractivity contribution in [2.75, 3.05) is 25.0 Å². The van der Waals surface area contributed by atoms with E-state index in [9.17, 15) is 13.6 Å². The standard InChI is InChI=1S/C24H26F2N6O/c1-2-16-7-8-22-30-13-20(32(22)15-16)23(27)17-12-28-19(11-18(17)29-14-21(25)26)24(33)31-9-5-3-4-6-10-31/h2,7-8,11-13,15,21,27H,1,3-6,9-10,14H2,(H,28,29). The molecule has 9 heteroatoms. The number of fused-ring (bicyclic) bond motifs is 1. The van der Waals surface area contributed by atoms with E-state index in [1.165, 1.54) is 12.3 Å². The van der Waals surface area contributed by atoms with Crippen LogP contribution in [0.1, 0.15) is 53.0 Å². The molecule has 0 atom stereocenters. The van der Waals surface area contributed by atoms with Crippen molar-refractivity contribution in [2.24, 2.45) is 0 Å². The highest BCUT2D eigenvalue weighted by molar-refractivity contribution is 6.13. The highest BCUT2D eigenvalue weighted by atomic mass is 19.3. The van der Waals surface area contributed by atoms with Crippen molar-refractivity contribution in [3.8, 4) is 0 Å². The van der Waals surface area contributed by atoms with Crippen LogP contribution in [0, 0.1) is 5.41 Å². The van der Waals surface area contributed by atoms with Crippen molar-refractivity contribution in [1.29, 1.82) is 5.41 Å². The maximum absolute atomic E-state index is 13.0. The van der Waals surface area contributed by atoms with Gasteiger partial charge in [0.25, 0.3) is 12.3 Å². The van der Waals surface area contributed by atoms with Crippen LogP contribution in [-0.4, -0.2) is 56.9 Å². The number of likely N-dealkylation sites (tertiary alicyclic amines) is 1. The lowest BCUT2D eigenvalue weighted by Crippen LogP contribution is -2.32. The summed E-state index contributed by atoms with van der Waals surface area (Å²) in [6.07, 6.45) is 7.90. The van der Waals surface area contributed by atoms with Crippen molar-refractivity contribution in [3.05, 3.63) is 65.9 Å². The Hall–Kier alpha value is -3.62. The quantitative estimate of drug-likeness (QED) is 0.518. The summed E-state index contributed by atoms with van der Waals surface area (Å²) in [5, 5.41) is 11.5. The first-order valence-corrected chi connectivity index (χ1v) is 11.0. The van der Waals surface area contributed by atoms with Gasteiger partial charge in [-0.3, -0.25) is 19.6 Å². The van der Waals surface area contributed by atoms with Crippen LogP contribution in [0.3, 0.4) is 0 Å². The van der Waals surface area contributed by atoms with E-state index < -0.39 is 13.0 Å². The number of imidazole rings is 1. The number of nitrogens with one attached hydrogen (secondary N) is 2. The van der Waals surface area contributed by atoms with Gasteiger partial charge in [0.15, 0.2) is 0 Å². The van der Waals surface area contributed by atoms with E-state index in [-0.39, 0.29) is 23.0 Å². The zero-order valence-electron chi connectivity index (χ0n) is 18.2. The van der Waals surface area contributed by atoms with Crippen molar-refractivity contribution < 1.29 is 13.6 Å². The normalized spacial score (nSPS) is 14.3. The molecule has 1 amide bonds. The third kappa shape index (κ3) is 4.92. The molecule has 2 N–H and O–H groups in total. The van der Waals surface area contributed by atoms with E-state index in [0.717, 1.165) is 31.2 Å². The van der Waals surface area contributed by atoms with Gasteiger partial charge in [-0.2, -0.15) is 0 Å². The summed E-state index contributed by atoms with van der Waals surface area (Å²) < 4.78 is 27.7. The van der Waals surface area contributed by atoms with Crippen LogP contribution in [0.5, 0.6) is 0 Å². The van der Waals surface area contributed by atoms with Crippen molar-refractivity contribution in [2.45, 2.75) is 32.1 Å². The predicted molar refractivity (Wildman–Crippen MR) is 124 cm³/mol. The maximum atomic E-state index is 13.0. The summed E-state index contributed by atoms with van der Waals surface area (Å²) in [4.78, 5) is 23.4. The Bertz CT molecular complexity index is 1180. The van der Waals surface area contributed by atoms with Gasteiger partial charge in [0.05, 0.1) is 24.1 Å². The Kier molecular flexibility index (Phi) is 6.76. The molecule has 0 radical (unpaired) electrons. The number of anilines is 1. The number of carbonyl (C=O) groups excluding carboxylic acids is 1. The van der Waals surface area contributed by atoms with Gasteiger partial charge in [-0.25, -0.2) is 13.8 Å². The molecule has 3 aromatic rings. The van der Waals surface area contributed by atoms with Gasteiger partial charge in [0.1, 0.15) is 11.3 Å². The van der Waals surface area contributed by atoms with Crippen molar-refractivity contribution >= 4 is 29.0 Å². The van der Waals surface area contributed by atoms with E-state index in [1.807, 2.05) is 12.1 Å². The number of carbonyl (C=O) groups is 1. The van der Waals surface area contributed by atoms with Gasteiger partial charge < -0.3 is 10.2 Å². The van der Waals surface area contributed by atoms with E-state index in [1.54, 1.807) is 27.8 Å². The van der Waals surface area contributed by atoms with Crippen molar-refractivity contribution in [3.63, 3.8) is 0 Å². The zero-order chi connectivity index (χ0) is 23.4. The Balaban J connectivity index is 1.70. The Morgan fingerprint density at radius 1 is 1.18 bits per heavy atom. The molecular formula is C24H26F2N6O. The molecule has 1 aliphatic rings. The molecule has 0 aromatic carbocycles. The molecule has 1 fully saturated rings. The highest BCUT2D eigenvalue weighted by Gasteiger charge is 2.22. The van der Waals surface area contributed by atoms with Crippen LogP contribution >= 0.6 is 0 Å². The van der Waals surface area contributed by atoms with E-state index in [4.69, 9.17) is 5.41 Å². The van der Waals surface area contributed by atoms with Gasteiger partial charge in [-0.15, -0.1) is 0 Å². The monoisotopic (exact) mass is 452 g/mol. The molecule has 7 nitrogen and oxygen atoms in total. The number of rotatable bonds is 7. The number of nitrogens with zero attached hydrogens (tertiary/aromatic N) is 4. The minimum Gasteiger partial charge on any atom is -0.379 e. The first kappa shape index (κ1) is 22.6. The van der Waals surface area contributed by atoms with Gasteiger partial charge in [0, 0.05) is 36.7 Å². The number of hydrogen-bond acceptors (Lipinski definition) is 5. The Labute approximate surface area is 190 Å². The average Bonchev–Trinajstić information content (AvgIpc) is 3.05. The van der Waals surface area contributed by atoms with Crippen molar-refractivity contribution in [1.82, 2.24) is 19.3 Å². The number of aromatic nitrogens is 3. The summed E-state index contributed by atoms with van der Waals surface area (Å²) in [5.41, 5.74) is 2.78. The summed E-state index contributed by atoms with van der Waals surface area (Å²) in [6, 6.07) is 5.14. The number of pyridine rings is 2. The lowest BCUT2D eigenvalue weighted by atomic mass is 10.1. The van der Waals surface area contributed by atoms with E-state index in [0.29, 0.717) is 30.0 Å². The molecule has 4 rings (SSSR count). The molecule has 1 saturated heterocycles. The summed E-state index contributed by atoms with van der Waals surface area (Å²) in [6.45, 7) is 4.48. The average molecular weight is 453 g/mol. The Morgan fingerprint density at radius 2 is 1.94 bits per heavy atom. The predicted octanol–water partition coefficient (Wildman–Crippen LogP) is 4.48. The second kappa shape index (κ2) is 9.89. The number of amides is 1. The van der Waals surface area contributed by atoms with Gasteiger partial charge >= 0.3 is 0 Å². The second-order valence-electron chi connectivity index (χ2n) is 8.01. The summed E-state index contributed by atoms with van der Waals surface area (Å²) >= 11 is 0. The van der Waals surface area contributed by atoms with E-state index >= 15 is 0 Å². The number of halogens is 2. The fraction of sp³-hybridized carbons (Fsp3) is 0.333. The lowest BCUT2D eigenvalue weighted by molar-refractivity contribution is 0.0756.